The van der Waals surface area contributed by atoms with Crippen molar-refractivity contribution in [3.63, 3.8) is 0 Å². The standard InChI is InChI=1S/C20H26N2O2S/c1-11-18(12(2)23)19(22-13(3)21-11)25-10-17(24)20-7-14-4-15(8-20)6-16(5-14)9-20/h14-16H,4-10H2,1-3H3. The summed E-state index contributed by atoms with van der Waals surface area (Å²) in [4.78, 5) is 33.9. The fourth-order valence-corrected chi connectivity index (χ4v) is 7.14. The molecule has 0 saturated heterocycles. The molecule has 5 rings (SSSR count). The maximum Gasteiger partial charge on any atom is 0.164 e. The number of aryl methyl sites for hydroxylation is 2. The number of carbonyl (C=O) groups is 2. The summed E-state index contributed by atoms with van der Waals surface area (Å²) in [5.41, 5.74) is 1.22. The van der Waals surface area contributed by atoms with Crippen LogP contribution in [-0.2, 0) is 4.79 Å². The van der Waals surface area contributed by atoms with Gasteiger partial charge in [0, 0.05) is 5.41 Å². The molecule has 134 valence electrons. The van der Waals surface area contributed by atoms with Crippen molar-refractivity contribution in [2.24, 2.45) is 23.2 Å². The molecule has 0 aliphatic heterocycles. The van der Waals surface area contributed by atoms with Crippen molar-refractivity contribution in [2.75, 3.05) is 5.75 Å². The highest BCUT2D eigenvalue weighted by Gasteiger charge is 2.54. The first-order valence-electron chi connectivity index (χ1n) is 9.38. The Balaban J connectivity index is 1.52. The molecule has 0 amide bonds. The molecule has 5 heteroatoms. The number of rotatable bonds is 5. The van der Waals surface area contributed by atoms with Crippen molar-refractivity contribution in [2.45, 2.75) is 64.3 Å². The minimum atomic E-state index is -0.0742. The van der Waals surface area contributed by atoms with Gasteiger partial charge in [-0.25, -0.2) is 9.97 Å². The van der Waals surface area contributed by atoms with Crippen molar-refractivity contribution in [1.82, 2.24) is 9.97 Å². The summed E-state index contributed by atoms with van der Waals surface area (Å²) in [6, 6.07) is 0. The molecule has 0 N–H and O–H groups in total. The molecular formula is C20H26N2O2S. The van der Waals surface area contributed by atoms with Gasteiger partial charge in [0.1, 0.15) is 16.6 Å². The van der Waals surface area contributed by atoms with Crippen LogP contribution >= 0.6 is 11.8 Å². The van der Waals surface area contributed by atoms with Gasteiger partial charge < -0.3 is 0 Å². The van der Waals surface area contributed by atoms with Crippen molar-refractivity contribution in [3.8, 4) is 0 Å². The fourth-order valence-electron chi connectivity index (χ4n) is 5.93. The van der Waals surface area contributed by atoms with E-state index in [2.05, 4.69) is 9.97 Å². The summed E-state index contributed by atoms with van der Waals surface area (Å²) < 4.78 is 0. The van der Waals surface area contributed by atoms with Crippen molar-refractivity contribution >= 4 is 23.3 Å². The average Bonchev–Trinajstić information content (AvgIpc) is 2.50. The summed E-state index contributed by atoms with van der Waals surface area (Å²) in [5, 5.41) is 0.676. The molecule has 25 heavy (non-hydrogen) atoms. The highest BCUT2D eigenvalue weighted by atomic mass is 32.2. The monoisotopic (exact) mass is 358 g/mol. The van der Waals surface area contributed by atoms with Gasteiger partial charge in [-0.15, -0.1) is 0 Å². The third kappa shape index (κ3) is 3.05. The lowest BCUT2D eigenvalue weighted by Gasteiger charge is -2.56. The zero-order valence-corrected chi connectivity index (χ0v) is 16.1. The van der Waals surface area contributed by atoms with Gasteiger partial charge in [0.15, 0.2) is 5.78 Å². The number of carbonyl (C=O) groups excluding carboxylic acids is 2. The topological polar surface area (TPSA) is 59.9 Å². The number of nitrogens with zero attached hydrogens (tertiary/aromatic N) is 2. The third-order valence-corrected chi connectivity index (χ3v) is 7.47. The van der Waals surface area contributed by atoms with E-state index in [1.807, 2.05) is 13.8 Å². The van der Waals surface area contributed by atoms with Gasteiger partial charge in [-0.1, -0.05) is 11.8 Å². The van der Waals surface area contributed by atoms with Gasteiger partial charge in [-0.2, -0.15) is 0 Å². The van der Waals surface area contributed by atoms with Gasteiger partial charge in [0.25, 0.3) is 0 Å². The lowest BCUT2D eigenvalue weighted by Crippen LogP contribution is -2.50. The van der Waals surface area contributed by atoms with Crippen LogP contribution in [0.3, 0.4) is 0 Å². The largest absolute Gasteiger partial charge is 0.298 e. The minimum absolute atomic E-state index is 0.0257. The zero-order valence-electron chi connectivity index (χ0n) is 15.3. The highest BCUT2D eigenvalue weighted by Crippen LogP contribution is 2.60. The molecule has 0 unspecified atom stereocenters. The minimum Gasteiger partial charge on any atom is -0.298 e. The SMILES string of the molecule is CC(=O)c1c(C)nc(C)nc1SCC(=O)C12CC3CC(CC(C3)C1)C2. The van der Waals surface area contributed by atoms with Gasteiger partial charge in [-0.3, -0.25) is 9.59 Å². The fraction of sp³-hybridized carbons (Fsp3) is 0.700. The van der Waals surface area contributed by atoms with E-state index in [1.165, 1.54) is 31.0 Å². The lowest BCUT2D eigenvalue weighted by atomic mass is 9.48. The van der Waals surface area contributed by atoms with Crippen LogP contribution in [-0.4, -0.2) is 27.3 Å². The van der Waals surface area contributed by atoms with Crippen LogP contribution in [0.15, 0.2) is 5.03 Å². The molecule has 4 aliphatic rings. The van der Waals surface area contributed by atoms with Gasteiger partial charge in [0.2, 0.25) is 0 Å². The molecule has 1 heterocycles. The zero-order chi connectivity index (χ0) is 17.8. The van der Waals surface area contributed by atoms with Crippen LogP contribution < -0.4 is 0 Å². The quantitative estimate of drug-likeness (QED) is 0.449. The van der Waals surface area contributed by atoms with Gasteiger partial charge >= 0.3 is 0 Å². The van der Waals surface area contributed by atoms with Crippen molar-refractivity contribution in [3.05, 3.63) is 17.1 Å². The molecular weight excluding hydrogens is 332 g/mol. The number of hydrogen-bond acceptors (Lipinski definition) is 5. The summed E-state index contributed by atoms with van der Waals surface area (Å²) in [6.07, 6.45) is 7.33. The first-order valence-corrected chi connectivity index (χ1v) is 10.4. The maximum atomic E-state index is 13.2. The summed E-state index contributed by atoms with van der Waals surface area (Å²) in [7, 11) is 0. The molecule has 4 nitrogen and oxygen atoms in total. The van der Waals surface area contributed by atoms with E-state index >= 15 is 0 Å². The van der Waals surface area contributed by atoms with E-state index in [0.29, 0.717) is 33.6 Å². The molecule has 0 spiro atoms. The van der Waals surface area contributed by atoms with E-state index < -0.39 is 0 Å². The number of thioether (sulfide) groups is 1. The Labute approximate surface area is 153 Å². The second kappa shape index (κ2) is 6.19. The van der Waals surface area contributed by atoms with Gasteiger partial charge in [0.05, 0.1) is 17.0 Å². The molecule has 4 fully saturated rings. The number of aromatic nitrogens is 2. The third-order valence-electron chi connectivity index (χ3n) is 6.49. The summed E-state index contributed by atoms with van der Waals surface area (Å²) in [5.74, 6) is 3.78. The molecule has 0 radical (unpaired) electrons. The average molecular weight is 359 g/mol. The van der Waals surface area contributed by atoms with Crippen LogP contribution in [0.5, 0.6) is 0 Å². The molecule has 4 bridgehead atoms. The first-order chi connectivity index (χ1) is 11.9. The van der Waals surface area contributed by atoms with E-state index in [0.717, 1.165) is 37.0 Å². The molecule has 4 saturated carbocycles. The van der Waals surface area contributed by atoms with Gasteiger partial charge in [-0.05, 0) is 77.0 Å². The van der Waals surface area contributed by atoms with Crippen molar-refractivity contribution < 1.29 is 9.59 Å². The lowest BCUT2D eigenvalue weighted by molar-refractivity contribution is -0.141. The Hall–Kier alpha value is -1.23. The molecule has 1 aromatic heterocycles. The molecule has 0 atom stereocenters. The smallest absolute Gasteiger partial charge is 0.164 e. The predicted octanol–water partition coefficient (Wildman–Crippen LogP) is 4.17. The van der Waals surface area contributed by atoms with Crippen LogP contribution in [0.25, 0.3) is 0 Å². The van der Waals surface area contributed by atoms with E-state index in [-0.39, 0.29) is 11.2 Å². The Morgan fingerprint density at radius 3 is 2.12 bits per heavy atom. The van der Waals surface area contributed by atoms with E-state index in [4.69, 9.17) is 0 Å². The second-order valence-electron chi connectivity index (χ2n) is 8.50. The summed E-state index contributed by atoms with van der Waals surface area (Å²) >= 11 is 1.44. The normalized spacial score (nSPS) is 32.8. The van der Waals surface area contributed by atoms with Crippen molar-refractivity contribution in [1.29, 1.82) is 0 Å². The number of hydrogen-bond donors (Lipinski definition) is 0. The number of Topliss-reactive ketones (excluding diaryl/α,β-unsaturated/α-hetero) is 2. The van der Waals surface area contributed by atoms with Crippen LogP contribution in [0.1, 0.15) is 67.3 Å². The second-order valence-corrected chi connectivity index (χ2v) is 9.47. The molecule has 0 aromatic carbocycles. The molecule has 4 aliphatic carbocycles. The van der Waals surface area contributed by atoms with Crippen LogP contribution in [0.4, 0.5) is 0 Å². The van der Waals surface area contributed by atoms with E-state index in [9.17, 15) is 9.59 Å². The Morgan fingerprint density at radius 2 is 1.60 bits per heavy atom. The van der Waals surface area contributed by atoms with Crippen LogP contribution in [0.2, 0.25) is 0 Å². The Kier molecular flexibility index (Phi) is 4.25. The van der Waals surface area contributed by atoms with Crippen LogP contribution in [0, 0.1) is 37.0 Å². The first kappa shape index (κ1) is 17.2. The summed E-state index contributed by atoms with van der Waals surface area (Å²) in [6.45, 7) is 5.23. The molecule has 1 aromatic rings. The van der Waals surface area contributed by atoms with E-state index in [1.54, 1.807) is 6.92 Å². The number of ketones is 2. The maximum absolute atomic E-state index is 13.2. The highest BCUT2D eigenvalue weighted by molar-refractivity contribution is 8.00. The Bertz CT molecular complexity index is 708. The predicted molar refractivity (Wildman–Crippen MR) is 97.8 cm³/mol. The Morgan fingerprint density at radius 1 is 1.04 bits per heavy atom.